The molecule has 4 rings (SSSR count). The fraction of sp³-hybridized carbons (Fsp3) is 0.333. The Bertz CT molecular complexity index is 1070. The summed E-state index contributed by atoms with van der Waals surface area (Å²) in [5.74, 6) is -1.70. The van der Waals surface area contributed by atoms with E-state index in [1.807, 2.05) is 36.4 Å². The maximum atomic E-state index is 11.2. The normalized spacial score (nSPS) is 15.0. The van der Waals surface area contributed by atoms with Crippen molar-refractivity contribution in [2.75, 3.05) is 57.9 Å². The standard InChI is InChI=1S/C22H27N5O3.C2H2O4.H2O/c1-29-20-5-3-2-4-19(20)27-12-10-26(11-13-27)14-15-30-18-8-6-17(7-9-18)22-23-16-21(28)24-25-22;3-1(4)2(5)6;/h2-9H,10-16H2,1H3,(H,23,25)(H,24,28);(H,3,4)(H,5,6);1H2. The molecule has 6 N–H and O–H groups in total. The first-order valence-electron chi connectivity index (χ1n) is 11.4. The van der Waals surface area contributed by atoms with Gasteiger partial charge in [-0.2, -0.15) is 0 Å². The Labute approximate surface area is 213 Å². The van der Waals surface area contributed by atoms with E-state index in [0.717, 1.165) is 49.8 Å². The number of carbonyl (C=O) groups is 3. The Hall–Kier alpha value is -4.36. The highest BCUT2D eigenvalue weighted by atomic mass is 16.5. The van der Waals surface area contributed by atoms with Gasteiger partial charge in [0.15, 0.2) is 5.97 Å². The number of carboxylic acid groups (broad SMARTS) is 2. The van der Waals surface area contributed by atoms with Crippen LogP contribution in [0.2, 0.25) is 0 Å². The highest BCUT2D eigenvalue weighted by molar-refractivity contribution is 6.26. The molecule has 2 aromatic carbocycles. The lowest BCUT2D eigenvalue weighted by Gasteiger charge is -2.34. The predicted octanol–water partition coefficient (Wildman–Crippen LogP) is -3.14. The molecule has 1 amide bonds. The minimum atomic E-state index is -2.07. The van der Waals surface area contributed by atoms with E-state index in [2.05, 4.69) is 32.9 Å². The summed E-state index contributed by atoms with van der Waals surface area (Å²) in [6, 6.07) is 16.0. The van der Waals surface area contributed by atoms with Crippen molar-refractivity contribution in [3.05, 3.63) is 54.1 Å². The first-order valence-corrected chi connectivity index (χ1v) is 11.4. The zero-order valence-electron chi connectivity index (χ0n) is 20.4. The second-order valence-electron chi connectivity index (χ2n) is 7.96. The highest BCUT2D eigenvalue weighted by Gasteiger charge is 2.22. The van der Waals surface area contributed by atoms with Gasteiger partial charge >= 0.3 is 5.97 Å². The zero-order chi connectivity index (χ0) is 25.9. The molecule has 0 spiro atoms. The fourth-order valence-corrected chi connectivity index (χ4v) is 3.75. The molecule has 0 atom stereocenters. The summed E-state index contributed by atoms with van der Waals surface area (Å²) in [5.41, 5.74) is 7.47. The third kappa shape index (κ3) is 8.66. The first kappa shape index (κ1) is 28.9. The average molecular weight is 518 g/mol. The number of nitrogens with zero attached hydrogens (tertiary/aromatic N) is 2. The van der Waals surface area contributed by atoms with Gasteiger partial charge in [-0.3, -0.25) is 20.6 Å². The Morgan fingerprint density at radius 1 is 1.11 bits per heavy atom. The summed E-state index contributed by atoms with van der Waals surface area (Å²) >= 11 is 0. The molecule has 1 fully saturated rings. The molecule has 0 unspecified atom stereocenters. The molecule has 2 aliphatic rings. The average Bonchev–Trinajstić information content (AvgIpc) is 2.90. The second kappa shape index (κ2) is 14.3. The molecular weight excluding hydrogens is 486 g/mol. The molecule has 13 nitrogen and oxygen atoms in total. The number of aliphatic imine (C=N–C) groups is 1. The van der Waals surface area contributed by atoms with Crippen molar-refractivity contribution < 1.29 is 44.4 Å². The molecule has 0 aliphatic carbocycles. The Balaban J connectivity index is 0.000000618. The lowest BCUT2D eigenvalue weighted by atomic mass is 10.2. The minimum absolute atomic E-state index is 0. The third-order valence-corrected chi connectivity index (χ3v) is 5.62. The van der Waals surface area contributed by atoms with E-state index in [9.17, 15) is 4.79 Å². The number of carbonyl (C=O) groups excluding carboxylic acids is 2. The van der Waals surface area contributed by atoms with Crippen molar-refractivity contribution in [1.82, 2.24) is 10.9 Å². The lowest BCUT2D eigenvalue weighted by molar-refractivity contribution is -0.900. The van der Waals surface area contributed by atoms with E-state index in [0.29, 0.717) is 12.4 Å². The third-order valence-electron chi connectivity index (χ3n) is 5.62. The predicted molar refractivity (Wildman–Crippen MR) is 132 cm³/mol. The molecule has 0 bridgehead atoms. The number of hydrogen-bond donors (Lipinski definition) is 4. The summed E-state index contributed by atoms with van der Waals surface area (Å²) in [7, 11) is 1.72. The number of amidine groups is 1. The van der Waals surface area contributed by atoms with E-state index in [1.54, 1.807) is 12.0 Å². The van der Waals surface area contributed by atoms with E-state index >= 15 is 0 Å². The summed E-state index contributed by atoms with van der Waals surface area (Å²) in [4.78, 5) is 37.3. The van der Waals surface area contributed by atoms with Gasteiger partial charge < -0.3 is 39.8 Å². The van der Waals surface area contributed by atoms with Crippen LogP contribution in [0.4, 0.5) is 5.69 Å². The lowest BCUT2D eigenvalue weighted by Crippen LogP contribution is -3.15. The molecule has 200 valence electrons. The SMILES string of the molecule is COc1ccccc1N1CC[NH+](CCOc2ccc(C3=NCC(=O)NN3)cc2)CC1.O.O=C([O-])C(=O)O. The number of hydrogen-bond acceptors (Lipinski definition) is 9. The smallest absolute Gasteiger partial charge is 0.351 e. The van der Waals surface area contributed by atoms with Crippen LogP contribution in [0.1, 0.15) is 5.56 Å². The topological polar surface area (TPSA) is 189 Å². The van der Waals surface area contributed by atoms with Gasteiger partial charge in [0.05, 0.1) is 39.0 Å². The molecule has 2 aromatic rings. The molecule has 1 saturated heterocycles. The quantitative estimate of drug-likeness (QED) is 0.275. The number of rotatable bonds is 7. The van der Waals surface area contributed by atoms with Crippen LogP contribution in [0.5, 0.6) is 11.5 Å². The largest absolute Gasteiger partial charge is 0.539 e. The van der Waals surface area contributed by atoms with Gasteiger partial charge in [0, 0.05) is 5.56 Å². The maximum Gasteiger partial charge on any atom is 0.351 e. The number of benzene rings is 2. The first-order chi connectivity index (χ1) is 17.4. The van der Waals surface area contributed by atoms with Gasteiger partial charge in [-0.05, 0) is 36.4 Å². The molecule has 0 aromatic heterocycles. The van der Waals surface area contributed by atoms with Crippen LogP contribution < -0.4 is 35.2 Å². The number of aliphatic carboxylic acids is 2. The van der Waals surface area contributed by atoms with Crippen LogP contribution in [0.15, 0.2) is 53.5 Å². The number of ether oxygens (including phenoxy) is 2. The zero-order valence-corrected chi connectivity index (χ0v) is 20.4. The molecule has 0 radical (unpaired) electrons. The maximum absolute atomic E-state index is 11.2. The van der Waals surface area contributed by atoms with Crippen LogP contribution in [-0.2, 0) is 14.4 Å². The van der Waals surface area contributed by atoms with Gasteiger partial charge in [-0.25, -0.2) is 4.79 Å². The Morgan fingerprint density at radius 2 is 1.76 bits per heavy atom. The van der Waals surface area contributed by atoms with Gasteiger partial charge in [0.25, 0.3) is 5.91 Å². The van der Waals surface area contributed by atoms with E-state index in [-0.39, 0.29) is 17.9 Å². The van der Waals surface area contributed by atoms with Crippen molar-refractivity contribution >= 4 is 29.4 Å². The number of hydrazine groups is 1. The van der Waals surface area contributed by atoms with Crippen LogP contribution in [-0.4, -0.2) is 87.2 Å². The fourth-order valence-electron chi connectivity index (χ4n) is 3.75. The van der Waals surface area contributed by atoms with Crippen LogP contribution in [0, 0.1) is 0 Å². The van der Waals surface area contributed by atoms with Crippen molar-refractivity contribution in [2.24, 2.45) is 4.99 Å². The van der Waals surface area contributed by atoms with Gasteiger partial charge in [0.2, 0.25) is 0 Å². The van der Waals surface area contributed by atoms with E-state index < -0.39 is 11.9 Å². The number of piperazine rings is 1. The number of quaternary nitrogens is 1. The van der Waals surface area contributed by atoms with Crippen LogP contribution in [0.25, 0.3) is 0 Å². The van der Waals surface area contributed by atoms with E-state index in [4.69, 9.17) is 29.3 Å². The second-order valence-corrected chi connectivity index (χ2v) is 7.96. The Kier molecular flexibility index (Phi) is 11.1. The number of carboxylic acids is 2. The molecule has 2 aliphatic heterocycles. The molecule has 13 heteroatoms. The highest BCUT2D eigenvalue weighted by Crippen LogP contribution is 2.27. The Morgan fingerprint density at radius 3 is 2.32 bits per heavy atom. The number of methoxy groups -OCH3 is 1. The number of nitrogens with one attached hydrogen (secondary N) is 3. The molecule has 2 heterocycles. The number of para-hydroxylation sites is 2. The molecule has 37 heavy (non-hydrogen) atoms. The number of amides is 1. The summed E-state index contributed by atoms with van der Waals surface area (Å²) in [5, 5.41) is 16.3. The molecular formula is C24H31N5O8. The van der Waals surface area contributed by atoms with E-state index in [1.165, 1.54) is 5.69 Å². The van der Waals surface area contributed by atoms with Gasteiger partial charge in [-0.15, -0.1) is 0 Å². The monoisotopic (exact) mass is 517 g/mol. The molecule has 0 saturated carbocycles. The summed E-state index contributed by atoms with van der Waals surface area (Å²) < 4.78 is 11.4. The van der Waals surface area contributed by atoms with Crippen LogP contribution in [0.3, 0.4) is 0 Å². The van der Waals surface area contributed by atoms with Gasteiger partial charge in [-0.1, -0.05) is 12.1 Å². The number of anilines is 1. The van der Waals surface area contributed by atoms with Crippen molar-refractivity contribution in [2.45, 2.75) is 0 Å². The minimum Gasteiger partial charge on any atom is -0.539 e. The summed E-state index contributed by atoms with van der Waals surface area (Å²) in [6.07, 6.45) is 0. The summed E-state index contributed by atoms with van der Waals surface area (Å²) in [6.45, 7) is 5.98. The van der Waals surface area contributed by atoms with Crippen molar-refractivity contribution in [3.8, 4) is 11.5 Å². The van der Waals surface area contributed by atoms with Crippen molar-refractivity contribution in [1.29, 1.82) is 0 Å². The van der Waals surface area contributed by atoms with Crippen molar-refractivity contribution in [3.63, 3.8) is 0 Å². The van der Waals surface area contributed by atoms with Crippen LogP contribution >= 0.6 is 0 Å². The van der Waals surface area contributed by atoms with Gasteiger partial charge in [0.1, 0.15) is 37.0 Å².